The quantitative estimate of drug-likeness (QED) is 0.700. The van der Waals surface area contributed by atoms with Crippen molar-refractivity contribution < 1.29 is 4.74 Å². The van der Waals surface area contributed by atoms with Gasteiger partial charge >= 0.3 is 0 Å². The van der Waals surface area contributed by atoms with Gasteiger partial charge < -0.3 is 4.74 Å². The zero-order valence-electron chi connectivity index (χ0n) is 11.7. The number of benzene rings is 1. The number of para-hydroxylation sites is 1. The van der Waals surface area contributed by atoms with E-state index in [1.165, 1.54) is 5.56 Å². The molecule has 0 aromatic heterocycles. The van der Waals surface area contributed by atoms with E-state index in [0.717, 1.165) is 18.6 Å². The minimum absolute atomic E-state index is 0.225. The molecular formula is C16H23BrO. The van der Waals surface area contributed by atoms with Crippen molar-refractivity contribution in [3.63, 3.8) is 0 Å². The van der Waals surface area contributed by atoms with E-state index in [2.05, 4.69) is 67.9 Å². The summed E-state index contributed by atoms with van der Waals surface area (Å²) >= 11 is 3.72. The molecule has 1 aliphatic rings. The average molecular weight is 311 g/mol. The summed E-state index contributed by atoms with van der Waals surface area (Å²) in [6.07, 6.45) is 2.57. The minimum Gasteiger partial charge on any atom is -0.489 e. The molecule has 3 atom stereocenters. The molecule has 0 spiro atoms. The number of rotatable bonds is 4. The minimum atomic E-state index is 0.225. The van der Waals surface area contributed by atoms with Gasteiger partial charge in [-0.2, -0.15) is 0 Å². The maximum absolute atomic E-state index is 6.26. The van der Waals surface area contributed by atoms with Crippen LogP contribution in [0, 0.1) is 5.41 Å². The summed E-state index contributed by atoms with van der Waals surface area (Å²) in [5, 5.41) is 0. The number of hydrogen-bond donors (Lipinski definition) is 0. The third kappa shape index (κ3) is 2.45. The van der Waals surface area contributed by atoms with Crippen molar-refractivity contribution in [3.8, 4) is 5.75 Å². The number of ether oxygens (including phenoxy) is 1. The lowest BCUT2D eigenvalue weighted by atomic mass is 9.69. The molecular weight excluding hydrogens is 288 g/mol. The third-order valence-corrected chi connectivity index (χ3v) is 5.94. The molecule has 1 nitrogen and oxygen atoms in total. The van der Waals surface area contributed by atoms with Crippen molar-refractivity contribution in [1.82, 2.24) is 0 Å². The van der Waals surface area contributed by atoms with Crippen LogP contribution >= 0.6 is 15.9 Å². The highest BCUT2D eigenvalue weighted by Gasteiger charge is 2.48. The maximum Gasteiger partial charge on any atom is 0.123 e. The fourth-order valence-electron chi connectivity index (χ4n) is 2.40. The van der Waals surface area contributed by atoms with Crippen LogP contribution in [0.3, 0.4) is 0 Å². The van der Waals surface area contributed by atoms with Gasteiger partial charge in [-0.1, -0.05) is 61.8 Å². The first-order chi connectivity index (χ1) is 8.46. The van der Waals surface area contributed by atoms with E-state index in [1.807, 2.05) is 0 Å². The molecule has 100 valence electrons. The topological polar surface area (TPSA) is 9.23 Å². The van der Waals surface area contributed by atoms with E-state index in [1.54, 1.807) is 0 Å². The predicted octanol–water partition coefficient (Wildman–Crippen LogP) is 5.14. The maximum atomic E-state index is 6.26. The second-order valence-corrected chi connectivity index (χ2v) is 7.08. The van der Waals surface area contributed by atoms with Crippen LogP contribution in [0.2, 0.25) is 0 Å². The zero-order valence-corrected chi connectivity index (χ0v) is 13.3. The molecule has 1 aromatic rings. The molecule has 1 aromatic carbocycles. The second kappa shape index (κ2) is 5.24. The van der Waals surface area contributed by atoms with E-state index in [4.69, 9.17) is 4.74 Å². The highest BCUT2D eigenvalue weighted by Crippen LogP contribution is 2.48. The highest BCUT2D eigenvalue weighted by molar-refractivity contribution is 9.09. The van der Waals surface area contributed by atoms with E-state index >= 15 is 0 Å². The highest BCUT2D eigenvalue weighted by atomic mass is 79.9. The van der Waals surface area contributed by atoms with Gasteiger partial charge in [0.1, 0.15) is 11.9 Å². The molecule has 0 N–H and O–H groups in total. The van der Waals surface area contributed by atoms with Gasteiger partial charge in [-0.25, -0.2) is 0 Å². The first-order valence-electron chi connectivity index (χ1n) is 6.86. The standard InChI is InChI=1S/C16H23BrO/c1-5-11(2)12-8-6-7-9-13(12)18-15-10-14(17)16(15,3)4/h6-9,11,14-15H,5,10H2,1-4H3. The Balaban J connectivity index is 2.15. The first kappa shape index (κ1) is 13.9. The molecule has 0 heterocycles. The van der Waals surface area contributed by atoms with E-state index in [0.29, 0.717) is 16.8 Å². The zero-order chi connectivity index (χ0) is 13.3. The summed E-state index contributed by atoms with van der Waals surface area (Å²) in [5.74, 6) is 1.63. The van der Waals surface area contributed by atoms with Crippen molar-refractivity contribution in [1.29, 1.82) is 0 Å². The van der Waals surface area contributed by atoms with Crippen LogP contribution in [-0.2, 0) is 0 Å². The summed E-state index contributed by atoms with van der Waals surface area (Å²) in [4.78, 5) is 0.575. The Morgan fingerprint density at radius 3 is 2.61 bits per heavy atom. The summed E-state index contributed by atoms with van der Waals surface area (Å²) in [7, 11) is 0. The molecule has 1 saturated carbocycles. The molecule has 1 aliphatic carbocycles. The van der Waals surface area contributed by atoms with Gasteiger partial charge in [-0.3, -0.25) is 0 Å². The Hall–Kier alpha value is -0.500. The molecule has 18 heavy (non-hydrogen) atoms. The number of hydrogen-bond acceptors (Lipinski definition) is 1. The van der Waals surface area contributed by atoms with Crippen LogP contribution in [0.15, 0.2) is 24.3 Å². The summed E-state index contributed by atoms with van der Waals surface area (Å²) in [6.45, 7) is 9.03. The van der Waals surface area contributed by atoms with Crippen LogP contribution in [0.25, 0.3) is 0 Å². The molecule has 0 radical (unpaired) electrons. The van der Waals surface area contributed by atoms with Crippen LogP contribution in [0.4, 0.5) is 0 Å². The summed E-state index contributed by atoms with van der Waals surface area (Å²) < 4.78 is 6.26. The molecule has 0 amide bonds. The first-order valence-corrected chi connectivity index (χ1v) is 7.78. The number of alkyl halides is 1. The predicted molar refractivity (Wildman–Crippen MR) is 80.7 cm³/mol. The van der Waals surface area contributed by atoms with Gasteiger partial charge in [0.25, 0.3) is 0 Å². The van der Waals surface area contributed by atoms with Crippen LogP contribution in [0.1, 0.15) is 52.0 Å². The lowest BCUT2D eigenvalue weighted by Gasteiger charge is -2.49. The molecule has 2 rings (SSSR count). The van der Waals surface area contributed by atoms with E-state index < -0.39 is 0 Å². The molecule has 1 fully saturated rings. The van der Waals surface area contributed by atoms with Crippen molar-refractivity contribution >= 4 is 15.9 Å². The van der Waals surface area contributed by atoms with Gasteiger partial charge in [-0.05, 0) is 30.4 Å². The van der Waals surface area contributed by atoms with Crippen molar-refractivity contribution in [3.05, 3.63) is 29.8 Å². The van der Waals surface area contributed by atoms with E-state index in [-0.39, 0.29) is 5.41 Å². The lowest BCUT2D eigenvalue weighted by molar-refractivity contribution is -0.00857. The molecule has 0 aliphatic heterocycles. The Morgan fingerprint density at radius 1 is 1.39 bits per heavy atom. The SMILES string of the molecule is CCC(C)c1ccccc1OC1CC(Br)C1(C)C. The number of halogens is 1. The van der Waals surface area contributed by atoms with Crippen molar-refractivity contribution in [2.75, 3.05) is 0 Å². The largest absolute Gasteiger partial charge is 0.489 e. The Kier molecular flexibility index (Phi) is 4.05. The monoisotopic (exact) mass is 310 g/mol. The summed E-state index contributed by atoms with van der Waals surface area (Å²) in [6, 6.07) is 8.48. The van der Waals surface area contributed by atoms with Gasteiger partial charge in [0.15, 0.2) is 0 Å². The summed E-state index contributed by atoms with van der Waals surface area (Å²) in [5.41, 5.74) is 1.57. The Morgan fingerprint density at radius 2 is 2.06 bits per heavy atom. The van der Waals surface area contributed by atoms with Gasteiger partial charge in [-0.15, -0.1) is 0 Å². The lowest BCUT2D eigenvalue weighted by Crippen LogP contribution is -2.53. The molecule has 3 unspecified atom stereocenters. The average Bonchev–Trinajstić information content (AvgIpc) is 2.38. The third-order valence-electron chi connectivity index (χ3n) is 4.39. The van der Waals surface area contributed by atoms with Crippen molar-refractivity contribution in [2.45, 2.75) is 57.4 Å². The van der Waals surface area contributed by atoms with Crippen LogP contribution in [-0.4, -0.2) is 10.9 Å². The van der Waals surface area contributed by atoms with E-state index in [9.17, 15) is 0 Å². The fraction of sp³-hybridized carbons (Fsp3) is 0.625. The molecule has 0 bridgehead atoms. The second-order valence-electron chi connectivity index (χ2n) is 5.98. The Bertz CT molecular complexity index is 413. The van der Waals surface area contributed by atoms with Gasteiger partial charge in [0, 0.05) is 10.2 Å². The molecule has 2 heteroatoms. The fourth-order valence-corrected chi connectivity index (χ4v) is 3.04. The van der Waals surface area contributed by atoms with Crippen LogP contribution in [0.5, 0.6) is 5.75 Å². The normalized spacial score (nSPS) is 27.4. The smallest absolute Gasteiger partial charge is 0.123 e. The van der Waals surface area contributed by atoms with Gasteiger partial charge in [0.2, 0.25) is 0 Å². The van der Waals surface area contributed by atoms with Gasteiger partial charge in [0.05, 0.1) is 0 Å². The Labute approximate surface area is 119 Å². The van der Waals surface area contributed by atoms with Crippen molar-refractivity contribution in [2.24, 2.45) is 5.41 Å². The molecule has 0 saturated heterocycles. The van der Waals surface area contributed by atoms with Crippen LogP contribution < -0.4 is 4.74 Å².